The second kappa shape index (κ2) is 19.0. The van der Waals surface area contributed by atoms with Gasteiger partial charge >= 0.3 is 135 Å². The summed E-state index contributed by atoms with van der Waals surface area (Å²) in [7, 11) is 0. The molecule has 0 spiro atoms. The first-order chi connectivity index (χ1) is 31.2. The van der Waals surface area contributed by atoms with Gasteiger partial charge in [0.15, 0.2) is 0 Å². The molecule has 0 bridgehead atoms. The number of nitrogens with zero attached hydrogens (tertiary/aromatic N) is 3. The quantitative estimate of drug-likeness (QED) is 0.112. The van der Waals surface area contributed by atoms with Gasteiger partial charge in [-0.2, -0.15) is 0 Å². The second-order valence-corrected chi connectivity index (χ2v) is 30.8. The van der Waals surface area contributed by atoms with E-state index in [1.807, 2.05) is 69.4 Å². The predicted molar refractivity (Wildman–Crippen MR) is 272 cm³/mol. The summed E-state index contributed by atoms with van der Waals surface area (Å²) in [5.41, 5.74) is 13.3. The number of pyridine rings is 1. The summed E-state index contributed by atoms with van der Waals surface area (Å²) in [4.78, 5) is 9.92. The summed E-state index contributed by atoms with van der Waals surface area (Å²) < 4.78 is 27.8. The van der Waals surface area contributed by atoms with Gasteiger partial charge in [0.05, 0.1) is 16.9 Å². The monoisotopic (exact) mass is 1100 g/mol. The van der Waals surface area contributed by atoms with Crippen molar-refractivity contribution in [1.82, 2.24) is 14.5 Å². The van der Waals surface area contributed by atoms with Crippen LogP contribution in [-0.2, 0) is 31.9 Å². The molecule has 1 aliphatic heterocycles. The molecule has 0 aliphatic carbocycles. The molecule has 1 radical (unpaired) electrons. The molecule has 0 saturated heterocycles. The van der Waals surface area contributed by atoms with Crippen LogP contribution in [-0.4, -0.2) is 27.8 Å². The Hall–Kier alpha value is -5.07. The van der Waals surface area contributed by atoms with Crippen LogP contribution < -0.4 is 9.13 Å². The van der Waals surface area contributed by atoms with Gasteiger partial charge in [0.1, 0.15) is 5.75 Å². The Kier molecular flexibility index (Phi) is 13.2. The molecular weight excluding hydrogens is 1030 g/mol. The summed E-state index contributed by atoms with van der Waals surface area (Å²) in [6, 6.07) is 52.9. The zero-order chi connectivity index (χ0) is 47.3. The maximum absolute atomic E-state index is 8.76. The standard InChI is InChI=1S/C40H37N2O.C19H26GeN.Ir/c1-25(2)30-23-28(27-15-8-7-9-16-27)24-31(26(3)4)37(30)42-35-21-12-11-20-34(35)41-39(42)29-17-14-19-33-38(29)43-36-22-13-10-18-32(36)40(33,5)6;1-19(2,3)13-16-12-18(15-10-8-7-9-11-15)21-14-17(16)20(4,5)6;/h7-16,18-26H,1-6H3;7-10,12,14H,13H2,1-6H3;/q2*-1;/i;13D2;. The summed E-state index contributed by atoms with van der Waals surface area (Å²) >= 11 is -2.24. The SMILES string of the molecule is CC(C)c1cc(-c2ccccc2)cc(C(C)C)c1-n1c(-c2[c-]ccc3c2Oc2ccccc2C3(C)C)nc2ccccc21.[2H]C([2H])(c1cc(-c2[c-]cccc2)nc[c]1[Ge]([CH3])([CH3])[CH3])C(C)(C)C.[Ir]. The summed E-state index contributed by atoms with van der Waals surface area (Å²) in [5.74, 6) is 10.0. The normalized spacial score (nSPS) is 13.8. The number of rotatable bonds is 8. The molecule has 6 aromatic carbocycles. The summed E-state index contributed by atoms with van der Waals surface area (Å²) in [5, 5.41) is 0. The Bertz CT molecular complexity index is 3010. The Balaban J connectivity index is 0.000000236. The smallest absolute Gasteiger partial charge is 0 e. The number of hydrogen-bond acceptors (Lipinski definition) is 3. The molecule has 0 fully saturated rings. The van der Waals surface area contributed by atoms with Gasteiger partial charge in [0, 0.05) is 42.5 Å². The van der Waals surface area contributed by atoms with Crippen LogP contribution in [0.15, 0.2) is 140 Å². The number of fused-ring (bicyclic) bond motifs is 3. The molecule has 0 unspecified atom stereocenters. The number of benzene rings is 6. The van der Waals surface area contributed by atoms with E-state index in [9.17, 15) is 0 Å². The second-order valence-electron chi connectivity index (χ2n) is 20.3. The van der Waals surface area contributed by atoms with E-state index in [1.165, 1.54) is 33.5 Å². The molecular formula is C59H63GeIrN3O-2. The molecule has 0 amide bonds. The van der Waals surface area contributed by atoms with Crippen LogP contribution in [0, 0.1) is 17.5 Å². The van der Waals surface area contributed by atoms with Crippen molar-refractivity contribution in [3.8, 4) is 51.0 Å². The van der Waals surface area contributed by atoms with Crippen molar-refractivity contribution < 1.29 is 27.6 Å². The summed E-state index contributed by atoms with van der Waals surface area (Å²) in [6.45, 7) is 19.6. The molecule has 65 heavy (non-hydrogen) atoms. The molecule has 1 aliphatic rings. The largest absolute Gasteiger partial charge is 0 e. The van der Waals surface area contributed by atoms with Gasteiger partial charge in [-0.3, -0.25) is 4.98 Å². The van der Waals surface area contributed by atoms with E-state index in [0.29, 0.717) is 11.8 Å². The first kappa shape index (κ1) is 45.1. The van der Waals surface area contributed by atoms with E-state index in [-0.39, 0.29) is 25.5 Å². The molecule has 335 valence electrons. The van der Waals surface area contributed by atoms with E-state index in [2.05, 4.69) is 171 Å². The Morgan fingerprint density at radius 3 is 2.03 bits per heavy atom. The molecule has 8 aromatic rings. The molecule has 0 saturated carbocycles. The van der Waals surface area contributed by atoms with E-state index in [1.54, 1.807) is 0 Å². The minimum Gasteiger partial charge on any atom is 0 e. The average Bonchev–Trinajstić information content (AvgIpc) is 3.67. The molecule has 9 rings (SSSR count). The average molecular weight is 1100 g/mol. The van der Waals surface area contributed by atoms with Crippen LogP contribution in [0.4, 0.5) is 0 Å². The molecule has 0 atom stereocenters. The van der Waals surface area contributed by atoms with E-state index >= 15 is 0 Å². The van der Waals surface area contributed by atoms with Crippen LogP contribution in [0.25, 0.3) is 50.5 Å². The molecule has 6 heteroatoms. The molecule has 4 nitrogen and oxygen atoms in total. The number of aromatic nitrogens is 3. The topological polar surface area (TPSA) is 39.9 Å². The Morgan fingerprint density at radius 1 is 0.738 bits per heavy atom. The van der Waals surface area contributed by atoms with Gasteiger partial charge < -0.3 is 9.30 Å². The number of ether oxygens (including phenoxy) is 1. The molecule has 0 N–H and O–H groups in total. The minimum absolute atomic E-state index is 0. The third kappa shape index (κ3) is 9.90. The van der Waals surface area contributed by atoms with Crippen molar-refractivity contribution in [2.75, 3.05) is 0 Å². The van der Waals surface area contributed by atoms with Gasteiger partial charge in [-0.1, -0.05) is 113 Å². The summed E-state index contributed by atoms with van der Waals surface area (Å²) in [6.07, 6.45) is 0.502. The van der Waals surface area contributed by atoms with Crippen LogP contribution in [0.5, 0.6) is 11.5 Å². The van der Waals surface area contributed by atoms with Gasteiger partial charge in [0.25, 0.3) is 0 Å². The van der Waals surface area contributed by atoms with Gasteiger partial charge in [0.2, 0.25) is 0 Å². The third-order valence-corrected chi connectivity index (χ3v) is 16.4. The van der Waals surface area contributed by atoms with Crippen LogP contribution in [0.2, 0.25) is 17.3 Å². The van der Waals surface area contributed by atoms with E-state index in [0.717, 1.165) is 60.7 Å². The van der Waals surface area contributed by atoms with Crippen molar-refractivity contribution in [1.29, 1.82) is 0 Å². The number of hydrogen-bond donors (Lipinski definition) is 0. The fourth-order valence-corrected chi connectivity index (χ4v) is 11.8. The third-order valence-electron chi connectivity index (χ3n) is 12.1. The fourth-order valence-electron chi connectivity index (χ4n) is 8.87. The van der Waals surface area contributed by atoms with Crippen LogP contribution in [0.3, 0.4) is 0 Å². The maximum Gasteiger partial charge on any atom is 0 e. The van der Waals surface area contributed by atoms with Crippen molar-refractivity contribution in [3.63, 3.8) is 0 Å². The van der Waals surface area contributed by atoms with E-state index in [4.69, 9.17) is 12.5 Å². The predicted octanol–water partition coefficient (Wildman–Crippen LogP) is 15.5. The molecule has 3 heterocycles. The first-order valence-electron chi connectivity index (χ1n) is 23.7. The zero-order valence-electron chi connectivity index (χ0n) is 42.0. The fraction of sp³-hybridized carbons (Fsp3) is 0.288. The first-order valence-corrected chi connectivity index (χ1v) is 30.1. The minimum atomic E-state index is -2.24. The van der Waals surface area contributed by atoms with Gasteiger partial charge in [-0.25, -0.2) is 0 Å². The van der Waals surface area contributed by atoms with Crippen LogP contribution in [0.1, 0.15) is 105 Å². The Labute approximate surface area is 407 Å². The van der Waals surface area contributed by atoms with Gasteiger partial charge in [-0.05, 0) is 64.4 Å². The van der Waals surface area contributed by atoms with Crippen molar-refractivity contribution in [2.45, 2.75) is 103 Å². The van der Waals surface area contributed by atoms with Gasteiger partial charge in [-0.15, -0.1) is 18.2 Å². The van der Waals surface area contributed by atoms with E-state index < -0.39 is 25.1 Å². The maximum atomic E-state index is 8.76. The number of para-hydroxylation sites is 3. The zero-order valence-corrected chi connectivity index (χ0v) is 44.5. The molecule has 2 aromatic heterocycles. The van der Waals surface area contributed by atoms with Crippen molar-refractivity contribution in [2.24, 2.45) is 5.41 Å². The van der Waals surface area contributed by atoms with Crippen molar-refractivity contribution >= 4 is 28.7 Å². The van der Waals surface area contributed by atoms with Crippen LogP contribution >= 0.6 is 0 Å². The Morgan fingerprint density at radius 2 is 1.38 bits per heavy atom. The number of imidazole rings is 1. The van der Waals surface area contributed by atoms with Crippen molar-refractivity contribution in [3.05, 3.63) is 180 Å².